The highest BCUT2D eigenvalue weighted by molar-refractivity contribution is 7.93. The molecule has 0 aliphatic heterocycles. The zero-order chi connectivity index (χ0) is 18.8. The molecule has 1 aromatic heterocycles. The summed E-state index contributed by atoms with van der Waals surface area (Å²) in [5.41, 5.74) is 0.181. The number of rotatable bonds is 6. The Morgan fingerprint density at radius 1 is 1.24 bits per heavy atom. The van der Waals surface area contributed by atoms with Gasteiger partial charge in [0.15, 0.2) is 5.75 Å². The zero-order valence-electron chi connectivity index (χ0n) is 14.1. The first kappa shape index (κ1) is 18.8. The van der Waals surface area contributed by atoms with Crippen molar-refractivity contribution in [1.29, 1.82) is 0 Å². The van der Waals surface area contributed by atoms with E-state index in [1.54, 1.807) is 45.2 Å². The van der Waals surface area contributed by atoms with Crippen molar-refractivity contribution in [2.45, 2.75) is 32.9 Å². The number of sulfonamides is 1. The molecule has 0 radical (unpaired) electrons. The van der Waals surface area contributed by atoms with Crippen molar-refractivity contribution in [2.75, 3.05) is 10.5 Å². The molecule has 0 saturated heterocycles. The third kappa shape index (κ3) is 5.49. The van der Waals surface area contributed by atoms with Gasteiger partial charge in [0.05, 0.1) is 0 Å². The highest BCUT2D eigenvalue weighted by atomic mass is 32.2. The van der Waals surface area contributed by atoms with Crippen LogP contribution in [0.25, 0.3) is 10.9 Å². The fourth-order valence-corrected chi connectivity index (χ4v) is 3.22. The number of esters is 1. The Morgan fingerprint density at radius 3 is 2.52 bits per heavy atom. The largest absolute Gasteiger partial charge is 0.480 e. The SMILES string of the molecule is CC(C)(C)OC(=O)CS(=O)(=O)Nc1ccc2c(ccn2CC(=O)O)c1. The average Bonchev–Trinajstić information content (AvgIpc) is 2.76. The van der Waals surface area contributed by atoms with E-state index in [4.69, 9.17) is 9.84 Å². The van der Waals surface area contributed by atoms with E-state index in [-0.39, 0.29) is 12.2 Å². The van der Waals surface area contributed by atoms with E-state index in [1.807, 2.05) is 0 Å². The van der Waals surface area contributed by atoms with E-state index < -0.39 is 33.3 Å². The number of anilines is 1. The summed E-state index contributed by atoms with van der Waals surface area (Å²) in [7, 11) is -3.91. The highest BCUT2D eigenvalue weighted by Crippen LogP contribution is 2.21. The van der Waals surface area contributed by atoms with Gasteiger partial charge in [-0.05, 0) is 45.0 Å². The minimum atomic E-state index is -3.91. The van der Waals surface area contributed by atoms with Crippen molar-refractivity contribution < 1.29 is 27.9 Å². The van der Waals surface area contributed by atoms with E-state index in [0.717, 1.165) is 0 Å². The molecule has 0 atom stereocenters. The van der Waals surface area contributed by atoms with Crippen LogP contribution in [0, 0.1) is 0 Å². The number of carboxylic acids is 1. The molecule has 25 heavy (non-hydrogen) atoms. The number of aliphatic carboxylic acids is 1. The molecule has 8 nitrogen and oxygen atoms in total. The maximum atomic E-state index is 12.1. The number of hydrogen-bond acceptors (Lipinski definition) is 5. The fraction of sp³-hybridized carbons (Fsp3) is 0.375. The van der Waals surface area contributed by atoms with Gasteiger partial charge in [-0.1, -0.05) is 0 Å². The minimum absolute atomic E-state index is 0.187. The molecule has 2 aromatic rings. The molecule has 2 rings (SSSR count). The summed E-state index contributed by atoms with van der Waals surface area (Å²) in [6.07, 6.45) is 1.61. The molecule has 0 aliphatic carbocycles. The first-order valence-corrected chi connectivity index (χ1v) is 9.13. The quantitative estimate of drug-likeness (QED) is 0.752. The summed E-state index contributed by atoms with van der Waals surface area (Å²) in [6, 6.07) is 6.38. The van der Waals surface area contributed by atoms with Crippen LogP contribution in [0.4, 0.5) is 5.69 Å². The fourth-order valence-electron chi connectivity index (χ4n) is 2.29. The topological polar surface area (TPSA) is 115 Å². The smallest absolute Gasteiger partial charge is 0.323 e. The minimum Gasteiger partial charge on any atom is -0.480 e. The van der Waals surface area contributed by atoms with Crippen molar-refractivity contribution in [3.05, 3.63) is 30.5 Å². The van der Waals surface area contributed by atoms with Crippen LogP contribution < -0.4 is 4.72 Å². The number of nitrogens with one attached hydrogen (secondary N) is 1. The lowest BCUT2D eigenvalue weighted by Crippen LogP contribution is -2.30. The second-order valence-corrected chi connectivity index (χ2v) is 8.28. The number of carbonyl (C=O) groups excluding carboxylic acids is 1. The normalized spacial score (nSPS) is 12.1. The van der Waals surface area contributed by atoms with Gasteiger partial charge in [-0.25, -0.2) is 8.42 Å². The maximum Gasteiger partial charge on any atom is 0.323 e. The van der Waals surface area contributed by atoms with Crippen LogP contribution in [0.3, 0.4) is 0 Å². The van der Waals surface area contributed by atoms with Crippen LogP contribution in [-0.2, 0) is 30.9 Å². The molecular weight excluding hydrogens is 348 g/mol. The molecule has 0 bridgehead atoms. The number of hydrogen-bond donors (Lipinski definition) is 2. The van der Waals surface area contributed by atoms with Crippen molar-refractivity contribution in [1.82, 2.24) is 4.57 Å². The van der Waals surface area contributed by atoms with Crippen molar-refractivity contribution in [3.8, 4) is 0 Å². The Labute approximate surface area is 145 Å². The lowest BCUT2D eigenvalue weighted by Gasteiger charge is -2.19. The summed E-state index contributed by atoms with van der Waals surface area (Å²) in [5.74, 6) is -2.60. The summed E-state index contributed by atoms with van der Waals surface area (Å²) < 4.78 is 33.0. The van der Waals surface area contributed by atoms with Gasteiger partial charge in [0, 0.05) is 22.8 Å². The van der Waals surface area contributed by atoms with E-state index in [9.17, 15) is 18.0 Å². The van der Waals surface area contributed by atoms with Crippen molar-refractivity contribution in [2.24, 2.45) is 0 Å². The first-order valence-electron chi connectivity index (χ1n) is 7.48. The number of carboxylic acid groups (broad SMARTS) is 1. The molecule has 1 heterocycles. The molecular formula is C16H20N2O6S. The van der Waals surface area contributed by atoms with Gasteiger partial charge in [0.1, 0.15) is 12.1 Å². The highest BCUT2D eigenvalue weighted by Gasteiger charge is 2.23. The summed E-state index contributed by atoms with van der Waals surface area (Å²) in [6.45, 7) is 4.77. The monoisotopic (exact) mass is 368 g/mol. The van der Waals surface area contributed by atoms with Gasteiger partial charge in [-0.2, -0.15) is 0 Å². The molecule has 1 aromatic carbocycles. The van der Waals surface area contributed by atoms with E-state index in [0.29, 0.717) is 10.9 Å². The van der Waals surface area contributed by atoms with Crippen LogP contribution in [0.1, 0.15) is 20.8 Å². The molecule has 0 spiro atoms. The van der Waals surface area contributed by atoms with Gasteiger partial charge in [0.2, 0.25) is 10.0 Å². The molecule has 136 valence electrons. The van der Waals surface area contributed by atoms with Gasteiger partial charge in [-0.15, -0.1) is 0 Å². The Balaban J connectivity index is 2.14. The second kappa shape index (κ2) is 6.75. The third-order valence-corrected chi connectivity index (χ3v) is 4.24. The zero-order valence-corrected chi connectivity index (χ0v) is 15.0. The van der Waals surface area contributed by atoms with Crippen LogP contribution >= 0.6 is 0 Å². The second-order valence-electron chi connectivity index (χ2n) is 6.56. The lowest BCUT2D eigenvalue weighted by molar-refractivity contribution is -0.151. The summed E-state index contributed by atoms with van der Waals surface area (Å²) in [5, 5.41) is 9.54. The Bertz CT molecular complexity index is 908. The molecule has 0 fully saturated rings. The summed E-state index contributed by atoms with van der Waals surface area (Å²) in [4.78, 5) is 22.5. The number of fused-ring (bicyclic) bond motifs is 1. The lowest BCUT2D eigenvalue weighted by atomic mass is 10.2. The maximum absolute atomic E-state index is 12.1. The average molecular weight is 368 g/mol. The predicted octanol–water partition coefficient (Wildman–Crippen LogP) is 1.81. The molecule has 0 unspecified atom stereocenters. The first-order chi connectivity index (χ1) is 11.5. The van der Waals surface area contributed by atoms with E-state index in [2.05, 4.69) is 4.72 Å². The molecule has 0 saturated carbocycles. The molecule has 0 amide bonds. The molecule has 0 aliphatic rings. The predicted molar refractivity (Wildman–Crippen MR) is 92.8 cm³/mol. The van der Waals surface area contributed by atoms with Crippen LogP contribution in [0.2, 0.25) is 0 Å². The Morgan fingerprint density at radius 2 is 1.92 bits per heavy atom. The number of carbonyl (C=O) groups is 2. The van der Waals surface area contributed by atoms with E-state index in [1.165, 1.54) is 10.6 Å². The van der Waals surface area contributed by atoms with Gasteiger partial charge >= 0.3 is 11.9 Å². The standard InChI is InChI=1S/C16H20N2O6S/c1-16(2,3)24-15(21)10-25(22,23)17-12-4-5-13-11(8-12)6-7-18(13)9-14(19)20/h4-8,17H,9-10H2,1-3H3,(H,19,20). The van der Waals surface area contributed by atoms with Crippen molar-refractivity contribution >= 4 is 38.6 Å². The summed E-state index contributed by atoms with van der Waals surface area (Å²) >= 11 is 0. The van der Waals surface area contributed by atoms with E-state index >= 15 is 0 Å². The van der Waals surface area contributed by atoms with Gasteiger partial charge in [-0.3, -0.25) is 14.3 Å². The van der Waals surface area contributed by atoms with Crippen LogP contribution in [0.15, 0.2) is 30.5 Å². The number of aromatic nitrogens is 1. The van der Waals surface area contributed by atoms with Crippen LogP contribution in [0.5, 0.6) is 0 Å². The van der Waals surface area contributed by atoms with Gasteiger partial charge < -0.3 is 14.4 Å². The Hall–Kier alpha value is -2.55. The Kier molecular flexibility index (Phi) is 5.07. The molecule has 2 N–H and O–H groups in total. The number of benzene rings is 1. The van der Waals surface area contributed by atoms with Crippen LogP contribution in [-0.4, -0.2) is 41.4 Å². The van der Waals surface area contributed by atoms with Crippen molar-refractivity contribution in [3.63, 3.8) is 0 Å². The van der Waals surface area contributed by atoms with Gasteiger partial charge in [0.25, 0.3) is 0 Å². The molecule has 9 heteroatoms. The third-order valence-electron chi connectivity index (χ3n) is 3.08. The number of nitrogens with zero attached hydrogens (tertiary/aromatic N) is 1. The number of ether oxygens (including phenoxy) is 1.